The van der Waals surface area contributed by atoms with E-state index in [0.717, 1.165) is 0 Å². The lowest BCUT2D eigenvalue weighted by molar-refractivity contribution is 1.84. The van der Waals surface area contributed by atoms with Gasteiger partial charge in [0.2, 0.25) is 0 Å². The molecule has 0 amide bonds. The van der Waals surface area contributed by atoms with Crippen molar-refractivity contribution in [2.24, 2.45) is 0 Å². The Morgan fingerprint density at radius 1 is 0.286 bits per heavy atom. The Kier molecular flexibility index (Phi) is 10.6. The summed E-state index contributed by atoms with van der Waals surface area (Å²) < 4.78 is 5.29. The fourth-order valence-corrected chi connectivity index (χ4v) is 18.0. The maximum atomic E-state index is 2.44. The fraction of sp³-hybridized carbons (Fsp3) is 0. The van der Waals surface area contributed by atoms with E-state index in [2.05, 4.69) is 187 Å². The van der Waals surface area contributed by atoms with Gasteiger partial charge >= 0.3 is 0 Å². The molecule has 0 nitrogen and oxygen atoms in total. The fourth-order valence-electron chi connectivity index (χ4n) is 5.45. The molecule has 0 aromatic carbocycles. The molecular formula is C36H16I4S9. The highest BCUT2D eigenvalue weighted by Gasteiger charge is 2.21. The second-order valence-electron chi connectivity index (χ2n) is 10.6. The van der Waals surface area contributed by atoms with Gasteiger partial charge in [-0.1, -0.05) is 0 Å². The molecule has 0 atom stereocenters. The number of hydrogen-bond donors (Lipinski definition) is 0. The van der Waals surface area contributed by atoms with Crippen molar-refractivity contribution in [2.45, 2.75) is 0 Å². The van der Waals surface area contributed by atoms with Crippen LogP contribution in [0.3, 0.4) is 0 Å². The minimum absolute atomic E-state index is 1.32. The van der Waals surface area contributed by atoms with Crippen LogP contribution >= 0.6 is 192 Å². The summed E-state index contributed by atoms with van der Waals surface area (Å²) in [6.45, 7) is 0. The lowest BCUT2D eigenvalue weighted by Crippen LogP contribution is -1.70. The van der Waals surface area contributed by atoms with Gasteiger partial charge in [0, 0.05) is 65.5 Å². The molecule has 0 unspecified atom stereocenters. The SMILES string of the molecule is Ic1ccc(-c2cc(-c3ccc(-c4ccsc4-c4ccc(-c5cc(-c6ccc(I)s6)c(-c6ccc(I)s6)s5)s4)s3)sc2-c2ccc(I)s2)s1. The van der Waals surface area contributed by atoms with E-state index in [1.54, 1.807) is 0 Å². The normalized spacial score (nSPS) is 11.7. The summed E-state index contributed by atoms with van der Waals surface area (Å²) in [5.74, 6) is 0. The van der Waals surface area contributed by atoms with Gasteiger partial charge < -0.3 is 0 Å². The minimum Gasteiger partial charge on any atom is -0.142 e. The van der Waals surface area contributed by atoms with Gasteiger partial charge in [-0.2, -0.15) is 0 Å². The summed E-state index contributed by atoms with van der Waals surface area (Å²) >= 11 is 26.8. The van der Waals surface area contributed by atoms with Crippen LogP contribution in [0, 0.1) is 11.5 Å². The number of halogens is 4. The molecule has 242 valence electrons. The average Bonchev–Trinajstić information content (AvgIpc) is 3.91. The third kappa shape index (κ3) is 7.13. The molecule has 9 rings (SSSR count). The van der Waals surface area contributed by atoms with Gasteiger partial charge in [0.15, 0.2) is 0 Å². The van der Waals surface area contributed by atoms with Gasteiger partial charge in [-0.15, -0.1) is 102 Å². The standard InChI is InChI=1S/C36H16I4S9/c37-30-9-5-21(44-30)18-15-28(48-35(18)26-7-11-32(39)46-26)23-2-1-20(42-23)17-13-14-41-34(17)25-4-3-24(43-25)29-16-19(22-6-10-31(38)45-22)36(49-29)27-8-12-33(40)47-27/h1-16H. The van der Waals surface area contributed by atoms with Crippen molar-refractivity contribution in [2.75, 3.05) is 0 Å². The average molecular weight is 1240 g/mol. The third-order valence-electron chi connectivity index (χ3n) is 7.59. The molecule has 0 saturated heterocycles. The second kappa shape index (κ2) is 14.8. The van der Waals surface area contributed by atoms with Gasteiger partial charge in [0.05, 0.1) is 26.2 Å². The summed E-state index contributed by atoms with van der Waals surface area (Å²) in [5, 5.41) is 2.25. The van der Waals surface area contributed by atoms with Crippen LogP contribution in [-0.2, 0) is 0 Å². The molecule has 13 heteroatoms. The van der Waals surface area contributed by atoms with Crippen molar-refractivity contribution < 1.29 is 0 Å². The molecule has 0 N–H and O–H groups in total. The van der Waals surface area contributed by atoms with Crippen molar-refractivity contribution >= 4 is 192 Å². The van der Waals surface area contributed by atoms with Gasteiger partial charge in [-0.05, 0) is 187 Å². The van der Waals surface area contributed by atoms with Crippen molar-refractivity contribution in [3.05, 3.63) is 108 Å². The van der Waals surface area contributed by atoms with Crippen LogP contribution in [-0.4, -0.2) is 0 Å². The van der Waals surface area contributed by atoms with E-state index >= 15 is 0 Å². The highest BCUT2D eigenvalue weighted by Crippen LogP contribution is 2.52. The first-order valence-corrected chi connectivity index (χ1v) is 26.2. The molecule has 0 spiro atoms. The Morgan fingerprint density at radius 3 is 1.12 bits per heavy atom. The van der Waals surface area contributed by atoms with Crippen LogP contribution in [0.2, 0.25) is 0 Å². The van der Waals surface area contributed by atoms with Gasteiger partial charge in [0.25, 0.3) is 0 Å². The molecule has 9 aromatic rings. The Labute approximate surface area is 374 Å². The number of thiophene rings is 9. The summed E-state index contributed by atoms with van der Waals surface area (Å²) in [7, 11) is 0. The maximum Gasteiger partial charge on any atom is 0.0660 e. The van der Waals surface area contributed by atoms with Crippen LogP contribution in [0.1, 0.15) is 0 Å². The first-order chi connectivity index (χ1) is 23.9. The van der Waals surface area contributed by atoms with Gasteiger partial charge in [0.1, 0.15) is 0 Å². The molecule has 0 radical (unpaired) electrons. The van der Waals surface area contributed by atoms with Crippen LogP contribution < -0.4 is 0 Å². The Hall–Kier alpha value is 0.220. The third-order valence-corrected chi connectivity index (χ3v) is 21.5. The first kappa shape index (κ1) is 35.0. The predicted molar refractivity (Wildman–Crippen MR) is 262 cm³/mol. The van der Waals surface area contributed by atoms with E-state index in [1.807, 2.05) is 102 Å². The van der Waals surface area contributed by atoms with Crippen molar-refractivity contribution in [1.29, 1.82) is 0 Å². The lowest BCUT2D eigenvalue weighted by atomic mass is 10.1. The summed E-state index contributed by atoms with van der Waals surface area (Å²) in [6, 6.07) is 34.4. The molecule has 9 heterocycles. The minimum atomic E-state index is 1.32. The molecule has 0 aliphatic carbocycles. The van der Waals surface area contributed by atoms with Crippen molar-refractivity contribution in [1.82, 2.24) is 0 Å². The zero-order chi connectivity index (χ0) is 33.2. The first-order valence-electron chi connectivity index (χ1n) is 14.5. The molecule has 0 saturated carbocycles. The monoisotopic (exact) mass is 1240 g/mol. The molecule has 9 aromatic heterocycles. The lowest BCUT2D eigenvalue weighted by Gasteiger charge is -1.99. The topological polar surface area (TPSA) is 0 Å². The number of rotatable bonds is 8. The van der Waals surface area contributed by atoms with E-state index < -0.39 is 0 Å². The molecule has 0 bridgehead atoms. The molecule has 0 aliphatic heterocycles. The van der Waals surface area contributed by atoms with E-state index in [1.165, 1.54) is 91.6 Å². The highest BCUT2D eigenvalue weighted by molar-refractivity contribution is 14.1. The summed E-state index contributed by atoms with van der Waals surface area (Å²) in [5.41, 5.74) is 4.04. The second-order valence-corrected chi connectivity index (χ2v) is 27.7. The van der Waals surface area contributed by atoms with E-state index in [9.17, 15) is 0 Å². The Bertz CT molecular complexity index is 2300. The van der Waals surface area contributed by atoms with Gasteiger partial charge in [-0.3, -0.25) is 0 Å². The Balaban J connectivity index is 1.05. The van der Waals surface area contributed by atoms with Crippen molar-refractivity contribution in [3.63, 3.8) is 0 Å². The van der Waals surface area contributed by atoms with Crippen LogP contribution in [0.25, 0.3) is 80.1 Å². The van der Waals surface area contributed by atoms with E-state index in [4.69, 9.17) is 0 Å². The maximum absolute atomic E-state index is 2.44. The summed E-state index contributed by atoms with van der Waals surface area (Å²) in [6.07, 6.45) is 0. The van der Waals surface area contributed by atoms with Crippen LogP contribution in [0.5, 0.6) is 0 Å². The smallest absolute Gasteiger partial charge is 0.0660 e. The van der Waals surface area contributed by atoms with Crippen molar-refractivity contribution in [3.8, 4) is 80.1 Å². The Morgan fingerprint density at radius 2 is 0.653 bits per heavy atom. The van der Waals surface area contributed by atoms with Crippen LogP contribution in [0.4, 0.5) is 0 Å². The van der Waals surface area contributed by atoms with Gasteiger partial charge in [-0.25, -0.2) is 0 Å². The van der Waals surface area contributed by atoms with Crippen LogP contribution in [0.15, 0.2) is 96.4 Å². The molecule has 0 fully saturated rings. The zero-order valence-electron chi connectivity index (χ0n) is 24.4. The molecule has 49 heavy (non-hydrogen) atoms. The summed E-state index contributed by atoms with van der Waals surface area (Å²) in [4.78, 5) is 17.5. The largest absolute Gasteiger partial charge is 0.142 e. The number of hydrogen-bond acceptors (Lipinski definition) is 9. The quantitative estimate of drug-likeness (QED) is 0.133. The van der Waals surface area contributed by atoms with E-state index in [-0.39, 0.29) is 0 Å². The predicted octanol–water partition coefficient (Wildman–Crippen LogP) is 18.0. The van der Waals surface area contributed by atoms with E-state index in [0.29, 0.717) is 0 Å². The molecule has 0 aliphatic rings. The molecular weight excluding hydrogens is 1230 g/mol. The zero-order valence-corrected chi connectivity index (χ0v) is 40.4. The highest BCUT2D eigenvalue weighted by atomic mass is 127.